The Kier molecular flexibility index (Phi) is 4.28. The van der Waals surface area contributed by atoms with Gasteiger partial charge in [0.15, 0.2) is 5.16 Å². The van der Waals surface area contributed by atoms with Crippen LogP contribution in [0.15, 0.2) is 35.7 Å². The van der Waals surface area contributed by atoms with E-state index in [9.17, 15) is 0 Å². The van der Waals surface area contributed by atoms with Gasteiger partial charge in [0.05, 0.1) is 10.7 Å². The van der Waals surface area contributed by atoms with Crippen LogP contribution >= 0.6 is 23.4 Å². The van der Waals surface area contributed by atoms with E-state index in [0.717, 1.165) is 28.2 Å². The third-order valence-electron chi connectivity index (χ3n) is 2.19. The van der Waals surface area contributed by atoms with Gasteiger partial charge >= 0.3 is 0 Å². The first-order chi connectivity index (χ1) is 8.27. The Labute approximate surface area is 109 Å². The molecule has 0 amide bonds. The van der Waals surface area contributed by atoms with Crippen molar-refractivity contribution in [1.29, 1.82) is 0 Å². The molecule has 6 heteroatoms. The minimum absolute atomic E-state index is 0.746. The molecule has 0 fully saturated rings. The number of hydrogen-bond acceptors (Lipinski definition) is 4. The molecule has 17 heavy (non-hydrogen) atoms. The van der Waals surface area contributed by atoms with E-state index in [0.29, 0.717) is 0 Å². The number of aromatic nitrogens is 3. The lowest BCUT2D eigenvalue weighted by Crippen LogP contribution is -2.05. The van der Waals surface area contributed by atoms with Crippen molar-refractivity contribution in [2.45, 2.75) is 5.16 Å². The van der Waals surface area contributed by atoms with Gasteiger partial charge < -0.3 is 5.32 Å². The van der Waals surface area contributed by atoms with Crippen LogP contribution in [0.4, 0.5) is 5.69 Å². The molecule has 2 rings (SSSR count). The second-order valence-electron chi connectivity index (χ2n) is 3.42. The number of nitrogens with zero attached hydrogens (tertiary/aromatic N) is 3. The summed E-state index contributed by atoms with van der Waals surface area (Å²) in [6.07, 6.45) is 1.56. The van der Waals surface area contributed by atoms with Gasteiger partial charge in [0, 0.05) is 19.3 Å². The maximum absolute atomic E-state index is 6.03. The molecule has 0 spiro atoms. The second kappa shape index (κ2) is 5.93. The van der Waals surface area contributed by atoms with E-state index in [4.69, 9.17) is 11.6 Å². The third-order valence-corrected chi connectivity index (χ3v) is 3.56. The summed E-state index contributed by atoms with van der Waals surface area (Å²) in [5, 5.41) is 8.96. The van der Waals surface area contributed by atoms with Crippen molar-refractivity contribution in [3.05, 3.63) is 35.6 Å². The fraction of sp³-hybridized carbons (Fsp3) is 0.273. The van der Waals surface area contributed by atoms with Crippen molar-refractivity contribution in [1.82, 2.24) is 14.8 Å². The van der Waals surface area contributed by atoms with Crippen molar-refractivity contribution >= 4 is 29.1 Å². The molecule has 0 bridgehead atoms. The number of benzene rings is 1. The van der Waals surface area contributed by atoms with Crippen molar-refractivity contribution in [3.8, 4) is 0 Å². The lowest BCUT2D eigenvalue weighted by Gasteiger charge is -2.07. The number of aryl methyl sites for hydroxylation is 1. The normalized spacial score (nSPS) is 10.5. The number of hydrogen-bond donors (Lipinski definition) is 1. The quantitative estimate of drug-likeness (QED) is 0.669. The van der Waals surface area contributed by atoms with Gasteiger partial charge in [-0.05, 0) is 12.1 Å². The molecule has 1 N–H and O–H groups in total. The summed E-state index contributed by atoms with van der Waals surface area (Å²) in [6.45, 7) is 0.835. The summed E-state index contributed by atoms with van der Waals surface area (Å²) in [5.74, 6) is 0.914. The number of rotatable bonds is 5. The van der Waals surface area contributed by atoms with E-state index in [1.54, 1.807) is 22.8 Å². The Morgan fingerprint density at radius 1 is 1.41 bits per heavy atom. The van der Waals surface area contributed by atoms with Crippen LogP contribution in [0.5, 0.6) is 0 Å². The number of nitrogens with one attached hydrogen (secondary N) is 1. The zero-order valence-corrected chi connectivity index (χ0v) is 11.0. The number of para-hydroxylation sites is 1. The molecular formula is C11H13ClN4S. The van der Waals surface area contributed by atoms with E-state index in [1.807, 2.05) is 31.3 Å². The lowest BCUT2D eigenvalue weighted by molar-refractivity contribution is 0.685. The topological polar surface area (TPSA) is 42.7 Å². The standard InChI is InChI=1S/C11H13ClN4S/c1-16-11(14-8-15-16)17-7-6-13-10-5-3-2-4-9(10)12/h2-5,8,13H,6-7H2,1H3. The Morgan fingerprint density at radius 2 is 2.24 bits per heavy atom. The molecule has 1 aromatic carbocycles. The van der Waals surface area contributed by atoms with Gasteiger partial charge in [-0.15, -0.1) is 0 Å². The summed E-state index contributed by atoms with van der Waals surface area (Å²) >= 11 is 7.69. The second-order valence-corrected chi connectivity index (χ2v) is 4.89. The van der Waals surface area contributed by atoms with E-state index in [-0.39, 0.29) is 0 Å². The molecule has 0 radical (unpaired) electrons. The van der Waals surface area contributed by atoms with E-state index < -0.39 is 0 Å². The van der Waals surface area contributed by atoms with Gasteiger partial charge in [-0.3, -0.25) is 0 Å². The molecule has 0 unspecified atom stereocenters. The Hall–Kier alpha value is -1.20. The monoisotopic (exact) mass is 268 g/mol. The zero-order valence-electron chi connectivity index (χ0n) is 9.43. The minimum atomic E-state index is 0.746. The first kappa shape index (κ1) is 12.3. The smallest absolute Gasteiger partial charge is 0.185 e. The molecule has 1 aromatic heterocycles. The van der Waals surface area contributed by atoms with Gasteiger partial charge in [0.25, 0.3) is 0 Å². The van der Waals surface area contributed by atoms with Crippen molar-refractivity contribution in [3.63, 3.8) is 0 Å². The predicted molar refractivity (Wildman–Crippen MR) is 71.7 cm³/mol. The van der Waals surface area contributed by atoms with Crippen LogP contribution in [0, 0.1) is 0 Å². The lowest BCUT2D eigenvalue weighted by atomic mass is 10.3. The summed E-state index contributed by atoms with van der Waals surface area (Å²) in [6, 6.07) is 7.72. The van der Waals surface area contributed by atoms with Gasteiger partial charge in [0.2, 0.25) is 0 Å². The van der Waals surface area contributed by atoms with Crippen molar-refractivity contribution < 1.29 is 0 Å². The third kappa shape index (κ3) is 3.38. The molecule has 90 valence electrons. The Balaban J connectivity index is 1.77. The summed E-state index contributed by atoms with van der Waals surface area (Å²) < 4.78 is 1.76. The average Bonchev–Trinajstić information content (AvgIpc) is 2.73. The van der Waals surface area contributed by atoms with Gasteiger partial charge in [-0.1, -0.05) is 35.5 Å². The maximum atomic E-state index is 6.03. The molecule has 2 aromatic rings. The van der Waals surface area contributed by atoms with Crippen LogP contribution in [0.25, 0.3) is 0 Å². The molecular weight excluding hydrogens is 256 g/mol. The van der Waals surface area contributed by atoms with Crippen LogP contribution in [0.2, 0.25) is 5.02 Å². The van der Waals surface area contributed by atoms with Crippen LogP contribution in [0.1, 0.15) is 0 Å². The molecule has 0 saturated heterocycles. The highest BCUT2D eigenvalue weighted by Crippen LogP contribution is 2.20. The first-order valence-electron chi connectivity index (χ1n) is 5.22. The number of halogens is 1. The van der Waals surface area contributed by atoms with Crippen LogP contribution in [0.3, 0.4) is 0 Å². The minimum Gasteiger partial charge on any atom is -0.383 e. The Bertz CT molecular complexity index is 486. The molecule has 0 saturated carbocycles. The molecule has 0 atom stereocenters. The van der Waals surface area contributed by atoms with E-state index >= 15 is 0 Å². The van der Waals surface area contributed by atoms with Crippen LogP contribution in [-0.4, -0.2) is 27.1 Å². The average molecular weight is 269 g/mol. The largest absolute Gasteiger partial charge is 0.383 e. The summed E-state index contributed by atoms with van der Waals surface area (Å²) in [4.78, 5) is 4.14. The Morgan fingerprint density at radius 3 is 2.94 bits per heavy atom. The highest BCUT2D eigenvalue weighted by Gasteiger charge is 2.01. The predicted octanol–water partition coefficient (Wildman–Crippen LogP) is 2.67. The first-order valence-corrected chi connectivity index (χ1v) is 6.59. The fourth-order valence-corrected chi connectivity index (χ4v) is 2.29. The van der Waals surface area contributed by atoms with Gasteiger partial charge in [-0.25, -0.2) is 9.67 Å². The van der Waals surface area contributed by atoms with E-state index in [1.165, 1.54) is 0 Å². The highest BCUT2D eigenvalue weighted by atomic mass is 35.5. The van der Waals surface area contributed by atoms with E-state index in [2.05, 4.69) is 15.4 Å². The molecule has 0 aliphatic heterocycles. The summed E-state index contributed by atoms with van der Waals surface area (Å²) in [5.41, 5.74) is 0.965. The number of anilines is 1. The van der Waals surface area contributed by atoms with Crippen LogP contribution in [-0.2, 0) is 7.05 Å². The number of thioether (sulfide) groups is 1. The maximum Gasteiger partial charge on any atom is 0.185 e. The van der Waals surface area contributed by atoms with Gasteiger partial charge in [0.1, 0.15) is 6.33 Å². The van der Waals surface area contributed by atoms with Crippen molar-refractivity contribution in [2.75, 3.05) is 17.6 Å². The molecule has 0 aliphatic rings. The molecule has 1 heterocycles. The zero-order chi connectivity index (χ0) is 12.1. The summed E-state index contributed by atoms with van der Waals surface area (Å²) in [7, 11) is 1.89. The van der Waals surface area contributed by atoms with Gasteiger partial charge in [-0.2, -0.15) is 5.10 Å². The SMILES string of the molecule is Cn1ncnc1SCCNc1ccccc1Cl. The molecule has 4 nitrogen and oxygen atoms in total. The fourth-order valence-electron chi connectivity index (χ4n) is 1.35. The highest BCUT2D eigenvalue weighted by molar-refractivity contribution is 7.99. The van der Waals surface area contributed by atoms with Crippen molar-refractivity contribution in [2.24, 2.45) is 7.05 Å². The van der Waals surface area contributed by atoms with Crippen LogP contribution < -0.4 is 5.32 Å². The molecule has 0 aliphatic carbocycles.